The molecule has 1 aromatic rings. The van der Waals surface area contributed by atoms with Crippen molar-refractivity contribution >= 4 is 5.69 Å². The van der Waals surface area contributed by atoms with Crippen LogP contribution in [-0.4, -0.2) is 11.5 Å². The van der Waals surface area contributed by atoms with E-state index >= 15 is 0 Å². The second kappa shape index (κ2) is 6.43. The van der Waals surface area contributed by atoms with E-state index in [0.717, 1.165) is 31.9 Å². The standard InChI is InChI=1S/C14H17FN2O2/c15-13-5-6-14(17(18)19)12(9-13)10-16-8-7-11-3-1-2-4-11/h3,5-6,9,16H,1-2,4,7-8,10H2. The molecule has 19 heavy (non-hydrogen) atoms. The molecule has 0 spiro atoms. The number of allylic oxidation sites excluding steroid dienone is 1. The smallest absolute Gasteiger partial charge is 0.274 e. The first-order valence-electron chi connectivity index (χ1n) is 6.48. The van der Waals surface area contributed by atoms with Gasteiger partial charge in [-0.15, -0.1) is 0 Å². The Hall–Kier alpha value is -1.75. The molecule has 0 saturated heterocycles. The lowest BCUT2D eigenvalue weighted by molar-refractivity contribution is -0.385. The first kappa shape index (κ1) is 13.7. The van der Waals surface area contributed by atoms with Crippen molar-refractivity contribution in [1.29, 1.82) is 0 Å². The average molecular weight is 264 g/mol. The van der Waals surface area contributed by atoms with Crippen LogP contribution < -0.4 is 5.32 Å². The average Bonchev–Trinajstić information content (AvgIpc) is 2.87. The second-order valence-corrected chi connectivity index (χ2v) is 4.71. The molecule has 1 aromatic carbocycles. The first-order chi connectivity index (χ1) is 9.16. The molecule has 0 aliphatic heterocycles. The van der Waals surface area contributed by atoms with Crippen molar-refractivity contribution in [2.24, 2.45) is 0 Å². The number of benzene rings is 1. The zero-order chi connectivity index (χ0) is 13.7. The van der Waals surface area contributed by atoms with Gasteiger partial charge in [0.2, 0.25) is 0 Å². The highest BCUT2D eigenvalue weighted by molar-refractivity contribution is 5.40. The van der Waals surface area contributed by atoms with Crippen LogP contribution in [0, 0.1) is 15.9 Å². The third kappa shape index (κ3) is 3.86. The third-order valence-corrected chi connectivity index (χ3v) is 3.31. The molecule has 102 valence electrons. The lowest BCUT2D eigenvalue weighted by atomic mass is 10.1. The van der Waals surface area contributed by atoms with E-state index in [9.17, 15) is 14.5 Å². The highest BCUT2D eigenvalue weighted by Crippen LogP contribution is 2.21. The summed E-state index contributed by atoms with van der Waals surface area (Å²) in [6.45, 7) is 1.08. The Kier molecular flexibility index (Phi) is 4.63. The van der Waals surface area contributed by atoms with E-state index in [0.29, 0.717) is 12.1 Å². The molecule has 1 aliphatic carbocycles. The fourth-order valence-corrected chi connectivity index (χ4v) is 2.31. The maximum absolute atomic E-state index is 13.1. The topological polar surface area (TPSA) is 55.2 Å². The van der Waals surface area contributed by atoms with E-state index < -0.39 is 10.7 Å². The molecule has 0 aromatic heterocycles. The molecule has 5 heteroatoms. The van der Waals surface area contributed by atoms with Crippen LogP contribution in [0.15, 0.2) is 29.8 Å². The number of rotatable bonds is 6. The Balaban J connectivity index is 1.87. The summed E-state index contributed by atoms with van der Waals surface area (Å²) in [5.74, 6) is -0.444. The number of nitro groups is 1. The molecule has 0 atom stereocenters. The lowest BCUT2D eigenvalue weighted by Gasteiger charge is -2.06. The van der Waals surface area contributed by atoms with Crippen LogP contribution in [0.4, 0.5) is 10.1 Å². The van der Waals surface area contributed by atoms with Crippen molar-refractivity contribution in [2.45, 2.75) is 32.2 Å². The minimum Gasteiger partial charge on any atom is -0.312 e. The van der Waals surface area contributed by atoms with Gasteiger partial charge in [0.05, 0.1) is 4.92 Å². The van der Waals surface area contributed by atoms with Gasteiger partial charge in [0.25, 0.3) is 5.69 Å². The molecule has 0 saturated carbocycles. The van der Waals surface area contributed by atoms with Gasteiger partial charge in [0.1, 0.15) is 5.82 Å². The fourth-order valence-electron chi connectivity index (χ4n) is 2.31. The molecule has 1 aliphatic rings. The van der Waals surface area contributed by atoms with E-state index in [1.807, 2.05) is 0 Å². The minimum absolute atomic E-state index is 0.0334. The molecule has 2 rings (SSSR count). The molecule has 4 nitrogen and oxygen atoms in total. The summed E-state index contributed by atoms with van der Waals surface area (Å²) < 4.78 is 13.1. The third-order valence-electron chi connectivity index (χ3n) is 3.31. The van der Waals surface area contributed by atoms with Crippen LogP contribution >= 0.6 is 0 Å². The molecule has 0 bridgehead atoms. The Morgan fingerprint density at radius 3 is 2.95 bits per heavy atom. The van der Waals surface area contributed by atoms with Gasteiger partial charge >= 0.3 is 0 Å². The maximum Gasteiger partial charge on any atom is 0.274 e. The highest BCUT2D eigenvalue weighted by atomic mass is 19.1. The number of halogens is 1. The molecular formula is C14H17FN2O2. The van der Waals surface area contributed by atoms with Crippen molar-refractivity contribution in [2.75, 3.05) is 6.54 Å². The number of nitrogens with one attached hydrogen (secondary N) is 1. The van der Waals surface area contributed by atoms with Gasteiger partial charge in [0, 0.05) is 18.2 Å². The molecule has 1 N–H and O–H groups in total. The SMILES string of the molecule is O=[N+]([O-])c1ccc(F)cc1CNCCC1=CCCC1. The van der Waals surface area contributed by atoms with Gasteiger partial charge in [0.15, 0.2) is 0 Å². The Morgan fingerprint density at radius 2 is 2.26 bits per heavy atom. The van der Waals surface area contributed by atoms with E-state index in [1.54, 1.807) is 0 Å². The van der Waals surface area contributed by atoms with Gasteiger partial charge < -0.3 is 5.32 Å². The summed E-state index contributed by atoms with van der Waals surface area (Å²) in [4.78, 5) is 10.3. The Bertz CT molecular complexity index is 500. The summed E-state index contributed by atoms with van der Waals surface area (Å²) in [6.07, 6.45) is 6.76. The van der Waals surface area contributed by atoms with Gasteiger partial charge in [-0.2, -0.15) is 0 Å². The Labute approximate surface area is 111 Å². The second-order valence-electron chi connectivity index (χ2n) is 4.71. The van der Waals surface area contributed by atoms with Gasteiger partial charge in [-0.1, -0.05) is 11.6 Å². The van der Waals surface area contributed by atoms with Crippen LogP contribution in [0.25, 0.3) is 0 Å². The van der Waals surface area contributed by atoms with Crippen LogP contribution in [-0.2, 0) is 6.54 Å². The zero-order valence-electron chi connectivity index (χ0n) is 10.7. The summed E-state index contributed by atoms with van der Waals surface area (Å²) in [6, 6.07) is 3.55. The summed E-state index contributed by atoms with van der Waals surface area (Å²) in [7, 11) is 0. The van der Waals surface area contributed by atoms with Crippen LogP contribution in [0.3, 0.4) is 0 Å². The summed E-state index contributed by atoms with van der Waals surface area (Å²) in [5, 5.41) is 14.0. The summed E-state index contributed by atoms with van der Waals surface area (Å²) in [5.41, 5.74) is 1.81. The highest BCUT2D eigenvalue weighted by Gasteiger charge is 2.13. The first-order valence-corrected chi connectivity index (χ1v) is 6.48. The number of hydrogen-bond acceptors (Lipinski definition) is 3. The summed E-state index contributed by atoms with van der Waals surface area (Å²) >= 11 is 0. The quantitative estimate of drug-likeness (QED) is 0.371. The molecule has 0 heterocycles. The van der Waals surface area contributed by atoms with Gasteiger partial charge in [-0.05, 0) is 44.4 Å². The van der Waals surface area contributed by atoms with Crippen LogP contribution in [0.5, 0.6) is 0 Å². The van der Waals surface area contributed by atoms with E-state index in [-0.39, 0.29) is 5.69 Å². The van der Waals surface area contributed by atoms with Gasteiger partial charge in [-0.25, -0.2) is 4.39 Å². The van der Waals surface area contributed by atoms with Crippen LogP contribution in [0.2, 0.25) is 0 Å². The molecule has 0 unspecified atom stereocenters. The van der Waals surface area contributed by atoms with Crippen molar-refractivity contribution in [3.63, 3.8) is 0 Å². The lowest BCUT2D eigenvalue weighted by Crippen LogP contribution is -2.16. The van der Waals surface area contributed by atoms with Crippen molar-refractivity contribution in [1.82, 2.24) is 5.32 Å². The maximum atomic E-state index is 13.1. The molecule has 0 fully saturated rings. The van der Waals surface area contributed by atoms with Crippen LogP contribution in [0.1, 0.15) is 31.2 Å². The number of nitrogens with zero attached hydrogens (tertiary/aromatic N) is 1. The van der Waals surface area contributed by atoms with E-state index in [4.69, 9.17) is 0 Å². The van der Waals surface area contributed by atoms with E-state index in [1.165, 1.54) is 24.1 Å². The van der Waals surface area contributed by atoms with Crippen molar-refractivity contribution in [3.8, 4) is 0 Å². The predicted octanol–water partition coefficient (Wildman–Crippen LogP) is 3.32. The monoisotopic (exact) mass is 264 g/mol. The number of nitro benzene ring substituents is 1. The zero-order valence-corrected chi connectivity index (χ0v) is 10.7. The number of hydrogen-bond donors (Lipinski definition) is 1. The van der Waals surface area contributed by atoms with Crippen molar-refractivity contribution < 1.29 is 9.31 Å². The van der Waals surface area contributed by atoms with Crippen molar-refractivity contribution in [3.05, 3.63) is 51.3 Å². The normalized spacial score (nSPS) is 14.5. The largest absolute Gasteiger partial charge is 0.312 e. The molecular weight excluding hydrogens is 247 g/mol. The predicted molar refractivity (Wildman–Crippen MR) is 71.3 cm³/mol. The fraction of sp³-hybridized carbons (Fsp3) is 0.429. The van der Waals surface area contributed by atoms with Gasteiger partial charge in [-0.3, -0.25) is 10.1 Å². The molecule has 0 radical (unpaired) electrons. The minimum atomic E-state index is -0.476. The Morgan fingerprint density at radius 1 is 1.42 bits per heavy atom. The molecule has 0 amide bonds. The van der Waals surface area contributed by atoms with E-state index in [2.05, 4.69) is 11.4 Å².